The SMILES string of the molecule is COc1cccc(CNC[C@@H](O)[C@H](Cc2ccccc2)NC(=O)C(N)CCC(=O)N2CCCCC2)c1.Cl.Cl. The van der Waals surface area contributed by atoms with Gasteiger partial charge in [0.15, 0.2) is 0 Å². The Balaban J connectivity index is 0.00000361. The van der Waals surface area contributed by atoms with Crippen molar-refractivity contribution in [2.24, 2.45) is 5.73 Å². The highest BCUT2D eigenvalue weighted by molar-refractivity contribution is 5.85. The average molecular weight is 570 g/mol. The fraction of sp³-hybridized carbons (Fsp3) is 0.500. The zero-order chi connectivity index (χ0) is 25.8. The standard InChI is InChI=1S/C28H40N4O4.2ClH/c1-36-23-12-8-11-22(17-23)19-30-20-26(33)25(18-21-9-4-2-5-10-21)31-28(35)24(29)13-14-27(34)32-15-6-3-7-16-32;;/h2,4-5,8-12,17,24-26,30,33H,3,6-7,13-16,18-20,29H2,1H3,(H,31,35);2*1H/t24?,25-,26+;;/m0../s1. The highest BCUT2D eigenvalue weighted by atomic mass is 35.5. The van der Waals surface area contributed by atoms with Crippen molar-refractivity contribution in [1.29, 1.82) is 0 Å². The van der Waals surface area contributed by atoms with E-state index in [0.717, 1.165) is 49.2 Å². The minimum Gasteiger partial charge on any atom is -0.497 e. The molecule has 1 aliphatic heterocycles. The topological polar surface area (TPSA) is 117 Å². The van der Waals surface area contributed by atoms with Crippen LogP contribution in [-0.2, 0) is 22.6 Å². The van der Waals surface area contributed by atoms with Gasteiger partial charge < -0.3 is 31.1 Å². The predicted octanol–water partition coefficient (Wildman–Crippen LogP) is 2.84. The summed E-state index contributed by atoms with van der Waals surface area (Å²) < 4.78 is 5.26. The van der Waals surface area contributed by atoms with E-state index in [-0.39, 0.29) is 56.0 Å². The lowest BCUT2D eigenvalue weighted by Crippen LogP contribution is -2.53. The summed E-state index contributed by atoms with van der Waals surface area (Å²) in [7, 11) is 1.63. The van der Waals surface area contributed by atoms with Crippen LogP contribution in [0.15, 0.2) is 54.6 Å². The van der Waals surface area contributed by atoms with Crippen molar-refractivity contribution in [2.75, 3.05) is 26.7 Å². The highest BCUT2D eigenvalue weighted by Gasteiger charge is 2.25. The molecule has 8 nitrogen and oxygen atoms in total. The van der Waals surface area contributed by atoms with Crippen molar-refractivity contribution in [3.8, 4) is 5.75 Å². The van der Waals surface area contributed by atoms with Gasteiger partial charge in [0.2, 0.25) is 11.8 Å². The number of hydrogen-bond acceptors (Lipinski definition) is 6. The van der Waals surface area contributed by atoms with Crippen molar-refractivity contribution in [1.82, 2.24) is 15.5 Å². The van der Waals surface area contributed by atoms with E-state index >= 15 is 0 Å². The summed E-state index contributed by atoms with van der Waals surface area (Å²) >= 11 is 0. The molecule has 0 aromatic heterocycles. The second-order valence-electron chi connectivity index (χ2n) is 9.44. The van der Waals surface area contributed by atoms with Crippen LogP contribution in [0.1, 0.15) is 43.2 Å². The number of methoxy groups -OCH3 is 1. The number of halogens is 2. The molecule has 0 radical (unpaired) electrons. The number of amides is 2. The number of rotatable bonds is 13. The van der Waals surface area contributed by atoms with Gasteiger partial charge in [0.05, 0.1) is 25.3 Å². The first-order chi connectivity index (χ1) is 17.5. The van der Waals surface area contributed by atoms with Gasteiger partial charge in [0.25, 0.3) is 0 Å². The molecule has 38 heavy (non-hydrogen) atoms. The van der Waals surface area contributed by atoms with Crippen molar-refractivity contribution in [3.63, 3.8) is 0 Å². The lowest BCUT2D eigenvalue weighted by molar-refractivity contribution is -0.132. The molecule has 0 spiro atoms. The van der Waals surface area contributed by atoms with Crippen molar-refractivity contribution in [3.05, 3.63) is 65.7 Å². The zero-order valence-corrected chi connectivity index (χ0v) is 23.6. The monoisotopic (exact) mass is 568 g/mol. The number of benzene rings is 2. The lowest BCUT2D eigenvalue weighted by Gasteiger charge is -2.28. The number of likely N-dealkylation sites (tertiary alicyclic amines) is 1. The van der Waals surface area contributed by atoms with Gasteiger partial charge in [-0.1, -0.05) is 42.5 Å². The molecule has 3 atom stereocenters. The number of aliphatic hydroxyl groups excluding tert-OH is 1. The highest BCUT2D eigenvalue weighted by Crippen LogP contribution is 2.13. The van der Waals surface area contributed by atoms with Crippen LogP contribution in [0, 0.1) is 0 Å². The van der Waals surface area contributed by atoms with Gasteiger partial charge >= 0.3 is 0 Å². The normalized spacial score (nSPS) is 15.3. The fourth-order valence-corrected chi connectivity index (χ4v) is 4.44. The molecule has 2 aromatic carbocycles. The third-order valence-electron chi connectivity index (χ3n) is 6.62. The number of nitrogens with two attached hydrogens (primary N) is 1. The van der Waals surface area contributed by atoms with E-state index in [9.17, 15) is 14.7 Å². The Morgan fingerprint density at radius 3 is 2.39 bits per heavy atom. The van der Waals surface area contributed by atoms with Gasteiger partial charge in [-0.25, -0.2) is 0 Å². The van der Waals surface area contributed by atoms with Crippen LogP contribution in [0.2, 0.25) is 0 Å². The number of nitrogens with one attached hydrogen (secondary N) is 2. The van der Waals surface area contributed by atoms with Gasteiger partial charge in [-0.3, -0.25) is 9.59 Å². The van der Waals surface area contributed by atoms with Crippen LogP contribution in [0.4, 0.5) is 0 Å². The molecule has 0 aliphatic carbocycles. The largest absolute Gasteiger partial charge is 0.497 e. The number of aliphatic hydroxyl groups is 1. The number of carbonyl (C=O) groups is 2. The molecule has 1 aliphatic rings. The van der Waals surface area contributed by atoms with E-state index in [2.05, 4.69) is 10.6 Å². The first-order valence-corrected chi connectivity index (χ1v) is 12.9. The molecule has 0 bridgehead atoms. The molecule has 1 fully saturated rings. The van der Waals surface area contributed by atoms with E-state index in [4.69, 9.17) is 10.5 Å². The maximum atomic E-state index is 12.9. The molecular weight excluding hydrogens is 527 g/mol. The van der Waals surface area contributed by atoms with E-state index in [1.54, 1.807) is 7.11 Å². The summed E-state index contributed by atoms with van der Waals surface area (Å²) in [6, 6.07) is 16.1. The number of carbonyl (C=O) groups excluding carboxylic acids is 2. The molecule has 3 rings (SSSR count). The Labute approximate surface area is 238 Å². The van der Waals surface area contributed by atoms with Crippen LogP contribution in [0.25, 0.3) is 0 Å². The molecule has 2 aromatic rings. The lowest BCUT2D eigenvalue weighted by atomic mass is 10.00. The summed E-state index contributed by atoms with van der Waals surface area (Å²) in [5.74, 6) is 0.478. The van der Waals surface area contributed by atoms with E-state index in [0.29, 0.717) is 13.0 Å². The Morgan fingerprint density at radius 1 is 1.03 bits per heavy atom. The molecular formula is C28H42Cl2N4O4. The molecule has 1 saturated heterocycles. The minimum atomic E-state index is -0.832. The zero-order valence-electron chi connectivity index (χ0n) is 22.0. The third-order valence-corrected chi connectivity index (χ3v) is 6.62. The summed E-state index contributed by atoms with van der Waals surface area (Å²) in [5.41, 5.74) is 8.18. The van der Waals surface area contributed by atoms with Gasteiger partial charge in [0, 0.05) is 32.6 Å². The summed E-state index contributed by atoms with van der Waals surface area (Å²) in [6.45, 7) is 2.42. The van der Waals surface area contributed by atoms with Crippen molar-refractivity contribution >= 4 is 36.6 Å². The average Bonchev–Trinajstić information content (AvgIpc) is 2.92. The Morgan fingerprint density at radius 2 is 1.71 bits per heavy atom. The van der Waals surface area contributed by atoms with Gasteiger partial charge in [-0.2, -0.15) is 0 Å². The summed E-state index contributed by atoms with van der Waals surface area (Å²) in [5, 5.41) is 17.2. The molecule has 1 heterocycles. The van der Waals surface area contributed by atoms with Crippen LogP contribution >= 0.6 is 24.8 Å². The quantitative estimate of drug-likeness (QED) is 0.295. The van der Waals surface area contributed by atoms with Crippen molar-refractivity contribution < 1.29 is 19.4 Å². The fourth-order valence-electron chi connectivity index (χ4n) is 4.44. The number of ether oxygens (including phenoxy) is 1. The molecule has 5 N–H and O–H groups in total. The molecule has 10 heteroatoms. The number of piperidine rings is 1. The van der Waals surface area contributed by atoms with Crippen LogP contribution in [0.5, 0.6) is 5.75 Å². The number of hydrogen-bond donors (Lipinski definition) is 4. The van der Waals surface area contributed by atoms with E-state index in [1.807, 2.05) is 59.5 Å². The number of nitrogens with zero attached hydrogens (tertiary/aromatic N) is 1. The Bertz CT molecular complexity index is 961. The van der Waals surface area contributed by atoms with Gasteiger partial charge in [-0.05, 0) is 55.4 Å². The van der Waals surface area contributed by atoms with Crippen LogP contribution in [-0.4, -0.2) is 66.8 Å². The molecule has 1 unspecified atom stereocenters. The minimum absolute atomic E-state index is 0. The maximum Gasteiger partial charge on any atom is 0.237 e. The predicted molar refractivity (Wildman–Crippen MR) is 155 cm³/mol. The first kappa shape index (κ1) is 33.7. The third kappa shape index (κ3) is 11.2. The summed E-state index contributed by atoms with van der Waals surface area (Å²) in [6.07, 6.45) is 3.39. The van der Waals surface area contributed by atoms with Crippen LogP contribution in [0.3, 0.4) is 0 Å². The van der Waals surface area contributed by atoms with E-state index < -0.39 is 18.2 Å². The van der Waals surface area contributed by atoms with Crippen molar-refractivity contribution in [2.45, 2.75) is 63.3 Å². The maximum absolute atomic E-state index is 12.9. The molecule has 0 saturated carbocycles. The molecule has 2 amide bonds. The van der Waals surface area contributed by atoms with Gasteiger partial charge in [-0.15, -0.1) is 24.8 Å². The van der Waals surface area contributed by atoms with E-state index in [1.165, 1.54) is 0 Å². The second-order valence-corrected chi connectivity index (χ2v) is 9.44. The Kier molecular flexibility index (Phi) is 16.0. The van der Waals surface area contributed by atoms with Crippen LogP contribution < -0.4 is 21.1 Å². The first-order valence-electron chi connectivity index (χ1n) is 12.9. The molecule has 212 valence electrons. The Hall–Kier alpha value is -2.36. The second kappa shape index (κ2) is 18.0. The van der Waals surface area contributed by atoms with Gasteiger partial charge in [0.1, 0.15) is 5.75 Å². The summed E-state index contributed by atoms with van der Waals surface area (Å²) in [4.78, 5) is 27.2. The smallest absolute Gasteiger partial charge is 0.237 e.